The van der Waals surface area contributed by atoms with Gasteiger partial charge in [0.1, 0.15) is 0 Å². The van der Waals surface area contributed by atoms with Gasteiger partial charge >= 0.3 is 0 Å². The molecule has 0 fully saturated rings. The van der Waals surface area contributed by atoms with Crippen molar-refractivity contribution in [2.45, 2.75) is 53.6 Å². The van der Waals surface area contributed by atoms with E-state index in [-0.39, 0.29) is 11.5 Å². The lowest BCUT2D eigenvalue weighted by atomic mass is 9.72. The third-order valence-corrected chi connectivity index (χ3v) is 4.26. The van der Waals surface area contributed by atoms with Crippen molar-refractivity contribution in [1.82, 2.24) is 0 Å². The molecule has 0 saturated carbocycles. The van der Waals surface area contributed by atoms with Crippen LogP contribution in [0.5, 0.6) is 0 Å². The zero-order valence-corrected chi connectivity index (χ0v) is 10.2. The van der Waals surface area contributed by atoms with Crippen molar-refractivity contribution >= 4 is 0 Å². The lowest BCUT2D eigenvalue weighted by Crippen LogP contribution is -2.35. The molecule has 1 aliphatic carbocycles. The summed E-state index contributed by atoms with van der Waals surface area (Å²) in [4.78, 5) is 0. The lowest BCUT2D eigenvalue weighted by Gasteiger charge is -2.35. The molecular formula is C13H24O. The highest BCUT2D eigenvalue weighted by Crippen LogP contribution is 2.46. The van der Waals surface area contributed by atoms with Gasteiger partial charge in [-0.15, -0.1) is 0 Å². The molecule has 0 aliphatic heterocycles. The highest BCUT2D eigenvalue weighted by atomic mass is 16.3. The SMILES string of the molecule is CCC(C)C(O)C1CC=C(C)C1(C)C. The highest BCUT2D eigenvalue weighted by Gasteiger charge is 2.40. The van der Waals surface area contributed by atoms with E-state index in [1.807, 2.05) is 0 Å². The number of hydrogen-bond acceptors (Lipinski definition) is 1. The molecule has 0 aromatic carbocycles. The molecule has 1 rings (SSSR count). The van der Waals surface area contributed by atoms with Crippen molar-refractivity contribution < 1.29 is 5.11 Å². The van der Waals surface area contributed by atoms with E-state index < -0.39 is 0 Å². The van der Waals surface area contributed by atoms with Gasteiger partial charge in [-0.25, -0.2) is 0 Å². The van der Waals surface area contributed by atoms with Gasteiger partial charge in [-0.05, 0) is 30.6 Å². The first-order valence-corrected chi connectivity index (χ1v) is 5.76. The largest absolute Gasteiger partial charge is 0.393 e. The molecule has 0 aromatic rings. The zero-order chi connectivity index (χ0) is 10.9. The van der Waals surface area contributed by atoms with E-state index in [1.165, 1.54) is 5.57 Å². The summed E-state index contributed by atoms with van der Waals surface area (Å²) < 4.78 is 0. The van der Waals surface area contributed by atoms with Crippen molar-refractivity contribution in [3.05, 3.63) is 11.6 Å². The Morgan fingerprint density at radius 3 is 2.50 bits per heavy atom. The Hall–Kier alpha value is -0.300. The van der Waals surface area contributed by atoms with Gasteiger partial charge in [0.2, 0.25) is 0 Å². The smallest absolute Gasteiger partial charge is 0.0604 e. The van der Waals surface area contributed by atoms with Gasteiger partial charge in [0.05, 0.1) is 6.10 Å². The number of aliphatic hydroxyl groups is 1. The number of hydrogen-bond donors (Lipinski definition) is 1. The molecule has 0 heterocycles. The Bertz CT molecular complexity index is 227. The van der Waals surface area contributed by atoms with Crippen LogP contribution in [0.2, 0.25) is 0 Å². The Labute approximate surface area is 88.2 Å². The van der Waals surface area contributed by atoms with Crippen LogP contribution in [0.3, 0.4) is 0 Å². The van der Waals surface area contributed by atoms with Gasteiger partial charge in [0, 0.05) is 0 Å². The molecule has 0 radical (unpaired) electrons. The standard InChI is InChI=1S/C13H24O/c1-6-9(2)12(14)11-8-7-10(3)13(11,4)5/h7,9,11-12,14H,6,8H2,1-5H3. The van der Waals surface area contributed by atoms with Gasteiger partial charge in [-0.3, -0.25) is 0 Å². The van der Waals surface area contributed by atoms with Gasteiger partial charge in [-0.2, -0.15) is 0 Å². The maximum absolute atomic E-state index is 10.2. The average molecular weight is 196 g/mol. The van der Waals surface area contributed by atoms with Gasteiger partial charge in [0.25, 0.3) is 0 Å². The van der Waals surface area contributed by atoms with Crippen LogP contribution >= 0.6 is 0 Å². The number of rotatable bonds is 3. The van der Waals surface area contributed by atoms with Crippen molar-refractivity contribution in [2.75, 3.05) is 0 Å². The minimum absolute atomic E-state index is 0.149. The monoisotopic (exact) mass is 196 g/mol. The topological polar surface area (TPSA) is 20.2 Å². The zero-order valence-electron chi connectivity index (χ0n) is 10.2. The van der Waals surface area contributed by atoms with Crippen LogP contribution in [0.15, 0.2) is 11.6 Å². The summed E-state index contributed by atoms with van der Waals surface area (Å²) in [5, 5.41) is 10.2. The predicted octanol–water partition coefficient (Wildman–Crippen LogP) is 3.39. The average Bonchev–Trinajstić information content (AvgIpc) is 2.40. The fourth-order valence-corrected chi connectivity index (χ4v) is 2.36. The Kier molecular flexibility index (Phi) is 3.41. The second-order valence-electron chi connectivity index (χ2n) is 5.33. The van der Waals surface area contributed by atoms with E-state index in [9.17, 15) is 5.11 Å². The summed E-state index contributed by atoms with van der Waals surface area (Å²) in [6.07, 6.45) is 4.25. The van der Waals surface area contributed by atoms with Crippen molar-refractivity contribution in [3.8, 4) is 0 Å². The van der Waals surface area contributed by atoms with E-state index in [0.29, 0.717) is 11.8 Å². The summed E-state index contributed by atoms with van der Waals surface area (Å²) >= 11 is 0. The minimum atomic E-state index is -0.149. The first-order chi connectivity index (χ1) is 6.41. The Morgan fingerprint density at radius 2 is 2.14 bits per heavy atom. The molecule has 0 amide bonds. The molecule has 1 N–H and O–H groups in total. The normalized spacial score (nSPS) is 29.9. The first-order valence-electron chi connectivity index (χ1n) is 5.76. The highest BCUT2D eigenvalue weighted by molar-refractivity contribution is 5.19. The van der Waals surface area contributed by atoms with Crippen LogP contribution in [-0.4, -0.2) is 11.2 Å². The Morgan fingerprint density at radius 1 is 1.57 bits per heavy atom. The van der Waals surface area contributed by atoms with Crippen molar-refractivity contribution in [3.63, 3.8) is 0 Å². The summed E-state index contributed by atoms with van der Waals surface area (Å²) in [6, 6.07) is 0. The van der Waals surface area contributed by atoms with Crippen LogP contribution in [0, 0.1) is 17.3 Å². The molecule has 0 saturated heterocycles. The molecule has 82 valence electrons. The molecule has 3 unspecified atom stereocenters. The summed E-state index contributed by atoms with van der Waals surface area (Å²) in [7, 11) is 0. The van der Waals surface area contributed by atoms with Crippen LogP contribution in [0.25, 0.3) is 0 Å². The third-order valence-electron chi connectivity index (χ3n) is 4.26. The summed E-state index contributed by atoms with van der Waals surface area (Å²) in [5.41, 5.74) is 1.62. The van der Waals surface area contributed by atoms with Crippen LogP contribution < -0.4 is 0 Å². The number of allylic oxidation sites excluding steroid dienone is 2. The van der Waals surface area contributed by atoms with Crippen molar-refractivity contribution in [1.29, 1.82) is 0 Å². The molecule has 1 aliphatic rings. The maximum atomic E-state index is 10.2. The second-order valence-corrected chi connectivity index (χ2v) is 5.33. The number of aliphatic hydroxyl groups excluding tert-OH is 1. The quantitative estimate of drug-likeness (QED) is 0.686. The maximum Gasteiger partial charge on any atom is 0.0604 e. The fraction of sp³-hybridized carbons (Fsp3) is 0.846. The van der Waals surface area contributed by atoms with E-state index in [2.05, 4.69) is 40.7 Å². The van der Waals surface area contributed by atoms with Gasteiger partial charge in [0.15, 0.2) is 0 Å². The molecule has 1 heteroatoms. The first kappa shape index (κ1) is 11.8. The van der Waals surface area contributed by atoms with Crippen LogP contribution in [0.4, 0.5) is 0 Å². The summed E-state index contributed by atoms with van der Waals surface area (Å²) in [6.45, 7) is 11.0. The van der Waals surface area contributed by atoms with Crippen LogP contribution in [-0.2, 0) is 0 Å². The minimum Gasteiger partial charge on any atom is -0.393 e. The van der Waals surface area contributed by atoms with Gasteiger partial charge < -0.3 is 5.11 Å². The fourth-order valence-electron chi connectivity index (χ4n) is 2.36. The van der Waals surface area contributed by atoms with E-state index in [1.54, 1.807) is 0 Å². The lowest BCUT2D eigenvalue weighted by molar-refractivity contribution is 0.0188. The molecule has 14 heavy (non-hydrogen) atoms. The van der Waals surface area contributed by atoms with E-state index >= 15 is 0 Å². The molecular weight excluding hydrogens is 172 g/mol. The second kappa shape index (κ2) is 4.06. The van der Waals surface area contributed by atoms with Gasteiger partial charge in [-0.1, -0.05) is 45.8 Å². The summed E-state index contributed by atoms with van der Waals surface area (Å²) in [5.74, 6) is 0.830. The Balaban J connectivity index is 2.73. The molecule has 3 atom stereocenters. The molecule has 0 aromatic heterocycles. The predicted molar refractivity (Wildman–Crippen MR) is 61.1 cm³/mol. The molecule has 0 spiro atoms. The molecule has 0 bridgehead atoms. The van der Waals surface area contributed by atoms with E-state index in [0.717, 1.165) is 12.8 Å². The molecule has 1 nitrogen and oxygen atoms in total. The van der Waals surface area contributed by atoms with E-state index in [4.69, 9.17) is 0 Å². The van der Waals surface area contributed by atoms with Crippen LogP contribution in [0.1, 0.15) is 47.5 Å². The third kappa shape index (κ3) is 1.88. The van der Waals surface area contributed by atoms with Crippen molar-refractivity contribution in [2.24, 2.45) is 17.3 Å².